The highest BCUT2D eigenvalue weighted by Crippen LogP contribution is 1.99. The molecule has 0 radical (unpaired) electrons. The quantitative estimate of drug-likeness (QED) is 0.648. The summed E-state index contributed by atoms with van der Waals surface area (Å²) in [6, 6.07) is 0. The monoisotopic (exact) mass is 185 g/mol. The molecule has 3 nitrogen and oxygen atoms in total. The summed E-state index contributed by atoms with van der Waals surface area (Å²) in [5.74, 6) is -1.22. The van der Waals surface area contributed by atoms with E-state index in [0.717, 1.165) is 0 Å². The summed E-state index contributed by atoms with van der Waals surface area (Å²) in [6.07, 6.45) is -2.91. The highest BCUT2D eigenvalue weighted by Gasteiger charge is 2.08. The molecule has 66 valence electrons. The molecule has 1 amide bonds. The van der Waals surface area contributed by atoms with Gasteiger partial charge in [-0.3, -0.25) is 9.00 Å². The molecule has 0 aliphatic carbocycles. The smallest absolute Gasteiger partial charge is 0.239 e. The van der Waals surface area contributed by atoms with Crippen LogP contribution in [-0.2, 0) is 15.6 Å². The first-order valence-corrected chi connectivity index (χ1v) is 4.42. The number of hydrogen-bond acceptors (Lipinski definition) is 2. The van der Waals surface area contributed by atoms with Crippen molar-refractivity contribution in [3.8, 4) is 0 Å². The Labute approximate surface area is 65.4 Å². The van der Waals surface area contributed by atoms with Gasteiger partial charge in [0.25, 0.3) is 0 Å². The van der Waals surface area contributed by atoms with Crippen molar-refractivity contribution in [2.45, 2.75) is 12.8 Å². The molecule has 0 heterocycles. The normalized spacial score (nSPS) is 13.4. The fourth-order valence-electron chi connectivity index (χ4n) is 0.451. The molecule has 2 N–H and O–H groups in total. The summed E-state index contributed by atoms with van der Waals surface area (Å²) in [7, 11) is -1.53. The molecule has 6 heteroatoms. The van der Waals surface area contributed by atoms with Crippen LogP contribution in [-0.4, -0.2) is 28.0 Å². The van der Waals surface area contributed by atoms with Crippen LogP contribution in [0, 0.1) is 0 Å². The van der Waals surface area contributed by atoms with E-state index >= 15 is 0 Å². The van der Waals surface area contributed by atoms with Crippen LogP contribution in [0.1, 0.15) is 6.42 Å². The average Bonchev–Trinajstić information content (AvgIpc) is 1.82. The van der Waals surface area contributed by atoms with Crippen molar-refractivity contribution in [1.82, 2.24) is 0 Å². The van der Waals surface area contributed by atoms with Gasteiger partial charge in [0.15, 0.2) is 0 Å². The Morgan fingerprint density at radius 2 is 2.09 bits per heavy atom. The zero-order valence-corrected chi connectivity index (χ0v) is 6.57. The summed E-state index contributed by atoms with van der Waals surface area (Å²) < 4.78 is 33.6. The van der Waals surface area contributed by atoms with Crippen LogP contribution in [0.15, 0.2) is 0 Å². The van der Waals surface area contributed by atoms with E-state index in [2.05, 4.69) is 5.73 Å². The largest absolute Gasteiger partial charge is 0.369 e. The van der Waals surface area contributed by atoms with Crippen LogP contribution in [0.2, 0.25) is 0 Å². The minimum Gasteiger partial charge on any atom is -0.369 e. The van der Waals surface area contributed by atoms with Crippen molar-refractivity contribution in [3.05, 3.63) is 0 Å². The third-order valence-electron chi connectivity index (χ3n) is 0.867. The molecule has 0 saturated heterocycles. The van der Waals surface area contributed by atoms with E-state index in [-0.39, 0.29) is 11.5 Å². The number of nitrogens with two attached hydrogens (primary N) is 1. The summed E-state index contributed by atoms with van der Waals surface area (Å²) in [4.78, 5) is 10.1. The molecule has 0 aromatic carbocycles. The number of halogens is 2. The van der Waals surface area contributed by atoms with E-state index in [9.17, 15) is 17.8 Å². The second-order valence-electron chi connectivity index (χ2n) is 1.93. The van der Waals surface area contributed by atoms with Gasteiger partial charge in [-0.15, -0.1) is 0 Å². The Kier molecular flexibility index (Phi) is 4.93. The SMILES string of the molecule is NC(=O)CS(=O)CCC(F)F. The summed E-state index contributed by atoms with van der Waals surface area (Å²) in [5.41, 5.74) is 4.68. The van der Waals surface area contributed by atoms with Crippen molar-refractivity contribution >= 4 is 16.7 Å². The average molecular weight is 185 g/mol. The molecule has 0 aliphatic rings. The molecule has 11 heavy (non-hydrogen) atoms. The lowest BCUT2D eigenvalue weighted by atomic mass is 10.5. The molecule has 0 aromatic rings. The van der Waals surface area contributed by atoms with Crippen LogP contribution in [0.25, 0.3) is 0 Å². The van der Waals surface area contributed by atoms with Crippen LogP contribution in [0.4, 0.5) is 8.78 Å². The molecule has 1 unspecified atom stereocenters. The van der Waals surface area contributed by atoms with Gasteiger partial charge in [-0.1, -0.05) is 0 Å². The maximum atomic E-state index is 11.5. The van der Waals surface area contributed by atoms with Crippen molar-refractivity contribution in [2.75, 3.05) is 11.5 Å². The summed E-state index contributed by atoms with van der Waals surface area (Å²) >= 11 is 0. The highest BCUT2D eigenvalue weighted by atomic mass is 32.2. The van der Waals surface area contributed by atoms with Gasteiger partial charge in [0, 0.05) is 23.0 Å². The molecule has 0 aromatic heterocycles. The third-order valence-corrected chi connectivity index (χ3v) is 2.16. The molecular formula is C5H9F2NO2S. The van der Waals surface area contributed by atoms with Crippen molar-refractivity contribution in [2.24, 2.45) is 5.73 Å². The van der Waals surface area contributed by atoms with Gasteiger partial charge < -0.3 is 5.73 Å². The number of rotatable bonds is 5. The number of hydrogen-bond donors (Lipinski definition) is 1. The van der Waals surface area contributed by atoms with Gasteiger partial charge in [-0.25, -0.2) is 8.78 Å². The third kappa shape index (κ3) is 7.38. The standard InChI is InChI=1S/C5H9F2NO2S/c6-4(7)1-2-11(10)3-5(8)9/h4H,1-3H2,(H2,8,9). The van der Waals surface area contributed by atoms with Gasteiger partial charge in [0.05, 0.1) is 0 Å². The lowest BCUT2D eigenvalue weighted by Crippen LogP contribution is -2.21. The molecule has 0 saturated carbocycles. The maximum absolute atomic E-state index is 11.5. The first-order valence-electron chi connectivity index (χ1n) is 2.94. The molecule has 1 atom stereocenters. The van der Waals surface area contributed by atoms with Crippen molar-refractivity contribution in [1.29, 1.82) is 0 Å². The Morgan fingerprint density at radius 1 is 1.55 bits per heavy atom. The summed E-state index contributed by atoms with van der Waals surface area (Å²) in [6.45, 7) is 0. The highest BCUT2D eigenvalue weighted by molar-refractivity contribution is 7.85. The second-order valence-corrected chi connectivity index (χ2v) is 3.51. The van der Waals surface area contributed by atoms with Crippen LogP contribution < -0.4 is 5.73 Å². The molecule has 0 rings (SSSR count). The topological polar surface area (TPSA) is 60.2 Å². The second kappa shape index (κ2) is 5.17. The van der Waals surface area contributed by atoms with E-state index in [1.54, 1.807) is 0 Å². The van der Waals surface area contributed by atoms with E-state index in [1.165, 1.54) is 0 Å². The Balaban J connectivity index is 3.46. The molecule has 0 aliphatic heterocycles. The van der Waals surface area contributed by atoms with Gasteiger partial charge in [0.2, 0.25) is 12.3 Å². The van der Waals surface area contributed by atoms with E-state index in [0.29, 0.717) is 0 Å². The number of amides is 1. The van der Waals surface area contributed by atoms with Crippen LogP contribution in [0.3, 0.4) is 0 Å². The lowest BCUT2D eigenvalue weighted by Gasteiger charge is -1.97. The summed E-state index contributed by atoms with van der Waals surface area (Å²) in [5, 5.41) is 0. The molecular weight excluding hydrogens is 176 g/mol. The zero-order valence-electron chi connectivity index (χ0n) is 5.76. The Hall–Kier alpha value is -0.520. The van der Waals surface area contributed by atoms with E-state index in [4.69, 9.17) is 0 Å². The van der Waals surface area contributed by atoms with E-state index in [1.807, 2.05) is 0 Å². The van der Waals surface area contributed by atoms with Gasteiger partial charge >= 0.3 is 0 Å². The fraction of sp³-hybridized carbons (Fsp3) is 0.800. The number of carbonyl (C=O) groups is 1. The van der Waals surface area contributed by atoms with Crippen molar-refractivity contribution in [3.63, 3.8) is 0 Å². The van der Waals surface area contributed by atoms with Crippen LogP contribution in [0.5, 0.6) is 0 Å². The van der Waals surface area contributed by atoms with Gasteiger partial charge in [-0.2, -0.15) is 0 Å². The maximum Gasteiger partial charge on any atom is 0.239 e. The lowest BCUT2D eigenvalue weighted by molar-refractivity contribution is -0.115. The zero-order chi connectivity index (χ0) is 8.85. The minimum absolute atomic E-state index is 0.166. The molecule has 0 spiro atoms. The Bertz CT molecular complexity index is 163. The van der Waals surface area contributed by atoms with Gasteiger partial charge in [-0.05, 0) is 0 Å². The Morgan fingerprint density at radius 3 is 2.45 bits per heavy atom. The number of primary amides is 1. The van der Waals surface area contributed by atoms with Gasteiger partial charge in [0.1, 0.15) is 5.75 Å². The van der Waals surface area contributed by atoms with Crippen LogP contribution >= 0.6 is 0 Å². The predicted molar refractivity (Wildman–Crippen MR) is 37.7 cm³/mol. The number of alkyl halides is 2. The predicted octanol–water partition coefficient (Wildman–Crippen LogP) is -0.124. The molecule has 0 fully saturated rings. The first kappa shape index (κ1) is 10.5. The molecule has 0 bridgehead atoms. The minimum atomic E-state index is -2.47. The first-order chi connectivity index (χ1) is 5.02. The fourth-order valence-corrected chi connectivity index (χ4v) is 1.35. The van der Waals surface area contributed by atoms with Crippen molar-refractivity contribution < 1.29 is 17.8 Å². The van der Waals surface area contributed by atoms with E-state index < -0.39 is 29.6 Å². The number of carbonyl (C=O) groups excluding carboxylic acids is 1.